The Morgan fingerprint density at radius 2 is 2.42 bits per heavy atom. The molecular formula is C7H13N3S2. The first kappa shape index (κ1) is 9.83. The summed E-state index contributed by atoms with van der Waals surface area (Å²) in [6.07, 6.45) is 0. The first-order chi connectivity index (χ1) is 5.74. The van der Waals surface area contributed by atoms with Crippen molar-refractivity contribution in [2.45, 2.75) is 11.1 Å². The lowest BCUT2D eigenvalue weighted by atomic mass is 10.6. The van der Waals surface area contributed by atoms with Gasteiger partial charge in [-0.3, -0.25) is 0 Å². The van der Waals surface area contributed by atoms with Gasteiger partial charge in [-0.05, 0) is 14.0 Å². The van der Waals surface area contributed by atoms with Crippen molar-refractivity contribution in [3.8, 4) is 0 Å². The second-order valence-corrected chi connectivity index (χ2v) is 4.77. The zero-order chi connectivity index (χ0) is 8.97. The molecule has 68 valence electrons. The largest absolute Gasteiger partial charge is 0.375 e. The summed E-state index contributed by atoms with van der Waals surface area (Å²) in [6.45, 7) is 3.01. The summed E-state index contributed by atoms with van der Waals surface area (Å²) in [5, 5.41) is 3.76. The molecule has 0 aromatic carbocycles. The molecule has 0 aliphatic carbocycles. The van der Waals surface area contributed by atoms with Crippen molar-refractivity contribution in [1.82, 2.24) is 10.3 Å². The van der Waals surface area contributed by atoms with Gasteiger partial charge in [-0.2, -0.15) is 0 Å². The summed E-state index contributed by atoms with van der Waals surface area (Å²) in [7, 11) is 1.95. The van der Waals surface area contributed by atoms with Crippen molar-refractivity contribution in [2.75, 3.05) is 25.1 Å². The van der Waals surface area contributed by atoms with Gasteiger partial charge in [0, 0.05) is 12.3 Å². The summed E-state index contributed by atoms with van der Waals surface area (Å²) >= 11 is 3.37. The molecule has 1 aromatic heterocycles. The van der Waals surface area contributed by atoms with Gasteiger partial charge in [-0.25, -0.2) is 4.98 Å². The van der Waals surface area contributed by atoms with E-state index in [2.05, 4.69) is 10.3 Å². The lowest BCUT2D eigenvalue weighted by molar-refractivity contribution is 0.872. The Kier molecular flexibility index (Phi) is 3.84. The van der Waals surface area contributed by atoms with Crippen LogP contribution in [0.5, 0.6) is 0 Å². The van der Waals surface area contributed by atoms with E-state index in [1.54, 1.807) is 23.1 Å². The maximum Gasteiger partial charge on any atom is 0.181 e. The number of rotatable bonds is 4. The van der Waals surface area contributed by atoms with Gasteiger partial charge in [0.2, 0.25) is 0 Å². The van der Waals surface area contributed by atoms with E-state index >= 15 is 0 Å². The summed E-state index contributed by atoms with van der Waals surface area (Å²) in [5.74, 6) is 1.07. The first-order valence-electron chi connectivity index (χ1n) is 3.74. The standard InChI is InChI=1S/C7H13N3S2/c1-5-6(11-4-3-9-2)12-7(8)10-5/h9H,3-4H2,1-2H3,(H2,8,10). The van der Waals surface area contributed by atoms with Crippen LogP contribution in [0.2, 0.25) is 0 Å². The van der Waals surface area contributed by atoms with E-state index in [1.807, 2.05) is 14.0 Å². The Labute approximate surface area is 80.8 Å². The third-order valence-corrected chi connectivity index (χ3v) is 3.71. The maximum absolute atomic E-state index is 5.56. The van der Waals surface area contributed by atoms with Gasteiger partial charge in [-0.1, -0.05) is 11.3 Å². The van der Waals surface area contributed by atoms with E-state index in [9.17, 15) is 0 Å². The highest BCUT2D eigenvalue weighted by molar-refractivity contribution is 8.01. The molecule has 0 spiro atoms. The molecule has 0 atom stereocenters. The smallest absolute Gasteiger partial charge is 0.181 e. The van der Waals surface area contributed by atoms with Crippen LogP contribution in [0.4, 0.5) is 5.13 Å². The van der Waals surface area contributed by atoms with Crippen LogP contribution in [-0.2, 0) is 0 Å². The average Bonchev–Trinajstić information content (AvgIpc) is 2.31. The Hall–Kier alpha value is -0.260. The fourth-order valence-electron chi connectivity index (χ4n) is 0.782. The Morgan fingerprint density at radius 1 is 1.67 bits per heavy atom. The predicted octanol–water partition coefficient (Wildman–Crippen LogP) is 1.35. The SMILES string of the molecule is CNCCSc1sc(N)nc1C. The van der Waals surface area contributed by atoms with E-state index in [1.165, 1.54) is 4.21 Å². The highest BCUT2D eigenvalue weighted by Gasteiger charge is 2.04. The molecule has 3 nitrogen and oxygen atoms in total. The number of nitrogen functional groups attached to an aromatic ring is 1. The third kappa shape index (κ3) is 2.66. The van der Waals surface area contributed by atoms with Crippen LogP contribution < -0.4 is 11.1 Å². The van der Waals surface area contributed by atoms with Crippen molar-refractivity contribution >= 4 is 28.2 Å². The number of anilines is 1. The monoisotopic (exact) mass is 203 g/mol. The third-order valence-electron chi connectivity index (χ3n) is 1.36. The molecule has 5 heteroatoms. The summed E-state index contributed by atoms with van der Waals surface area (Å²) in [4.78, 5) is 4.14. The minimum atomic E-state index is 0.666. The molecule has 1 rings (SSSR count). The molecule has 0 unspecified atom stereocenters. The maximum atomic E-state index is 5.56. The Balaban J connectivity index is 2.45. The lowest BCUT2D eigenvalue weighted by Crippen LogP contribution is -2.09. The van der Waals surface area contributed by atoms with E-state index < -0.39 is 0 Å². The molecule has 0 fully saturated rings. The normalized spacial score (nSPS) is 10.5. The summed E-state index contributed by atoms with van der Waals surface area (Å²) in [6, 6.07) is 0. The van der Waals surface area contributed by atoms with Crippen LogP contribution in [0.1, 0.15) is 5.69 Å². The number of nitrogens with one attached hydrogen (secondary N) is 1. The summed E-state index contributed by atoms with van der Waals surface area (Å²) in [5.41, 5.74) is 6.62. The van der Waals surface area contributed by atoms with E-state index in [0.717, 1.165) is 18.0 Å². The van der Waals surface area contributed by atoms with Crippen molar-refractivity contribution in [3.05, 3.63) is 5.69 Å². The van der Waals surface area contributed by atoms with E-state index in [-0.39, 0.29) is 0 Å². The highest BCUT2D eigenvalue weighted by Crippen LogP contribution is 2.29. The number of hydrogen-bond acceptors (Lipinski definition) is 5. The Morgan fingerprint density at radius 3 is 2.92 bits per heavy atom. The second kappa shape index (κ2) is 4.69. The number of thiazole rings is 1. The van der Waals surface area contributed by atoms with Gasteiger partial charge in [-0.15, -0.1) is 11.8 Å². The van der Waals surface area contributed by atoms with Crippen molar-refractivity contribution < 1.29 is 0 Å². The minimum Gasteiger partial charge on any atom is -0.375 e. The van der Waals surface area contributed by atoms with Gasteiger partial charge < -0.3 is 11.1 Å². The molecule has 0 aliphatic rings. The van der Waals surface area contributed by atoms with Gasteiger partial charge in [0.05, 0.1) is 9.90 Å². The fraction of sp³-hybridized carbons (Fsp3) is 0.571. The molecule has 0 radical (unpaired) electrons. The zero-order valence-corrected chi connectivity index (χ0v) is 8.89. The van der Waals surface area contributed by atoms with Gasteiger partial charge in [0.25, 0.3) is 0 Å². The molecule has 0 aliphatic heterocycles. The molecule has 0 bridgehead atoms. The lowest BCUT2D eigenvalue weighted by Gasteiger charge is -1.97. The second-order valence-electron chi connectivity index (χ2n) is 2.38. The topological polar surface area (TPSA) is 50.9 Å². The number of nitrogens with two attached hydrogens (primary N) is 1. The van der Waals surface area contributed by atoms with Gasteiger partial charge >= 0.3 is 0 Å². The minimum absolute atomic E-state index is 0.666. The quantitative estimate of drug-likeness (QED) is 0.573. The van der Waals surface area contributed by atoms with Crippen LogP contribution in [-0.4, -0.2) is 24.3 Å². The molecule has 0 saturated heterocycles. The molecule has 3 N–H and O–H groups in total. The van der Waals surface area contributed by atoms with Crippen LogP contribution in [0.15, 0.2) is 4.21 Å². The predicted molar refractivity (Wildman–Crippen MR) is 55.9 cm³/mol. The van der Waals surface area contributed by atoms with Crippen LogP contribution >= 0.6 is 23.1 Å². The van der Waals surface area contributed by atoms with Gasteiger partial charge in [0.1, 0.15) is 0 Å². The number of hydrogen-bond donors (Lipinski definition) is 2. The van der Waals surface area contributed by atoms with Crippen LogP contribution in [0, 0.1) is 6.92 Å². The Bertz CT molecular complexity index is 247. The first-order valence-corrected chi connectivity index (χ1v) is 5.54. The molecule has 0 saturated carbocycles. The van der Waals surface area contributed by atoms with Crippen molar-refractivity contribution in [1.29, 1.82) is 0 Å². The molecule has 1 aromatic rings. The molecule has 0 amide bonds. The van der Waals surface area contributed by atoms with Crippen molar-refractivity contribution in [2.24, 2.45) is 0 Å². The molecule has 12 heavy (non-hydrogen) atoms. The summed E-state index contributed by atoms with van der Waals surface area (Å²) < 4.78 is 1.24. The van der Waals surface area contributed by atoms with Crippen LogP contribution in [0.3, 0.4) is 0 Å². The number of nitrogens with zero attached hydrogens (tertiary/aromatic N) is 1. The van der Waals surface area contributed by atoms with Crippen molar-refractivity contribution in [3.63, 3.8) is 0 Å². The van der Waals surface area contributed by atoms with Gasteiger partial charge in [0.15, 0.2) is 5.13 Å². The number of aromatic nitrogens is 1. The van der Waals surface area contributed by atoms with Crippen LogP contribution in [0.25, 0.3) is 0 Å². The molecule has 1 heterocycles. The number of aryl methyl sites for hydroxylation is 1. The highest BCUT2D eigenvalue weighted by atomic mass is 32.2. The van der Waals surface area contributed by atoms with E-state index in [0.29, 0.717) is 5.13 Å². The molecular weight excluding hydrogens is 190 g/mol. The number of thioether (sulfide) groups is 1. The van der Waals surface area contributed by atoms with E-state index in [4.69, 9.17) is 5.73 Å². The zero-order valence-electron chi connectivity index (χ0n) is 7.26. The fourth-order valence-corrected chi connectivity index (χ4v) is 2.84. The average molecular weight is 203 g/mol.